The molecule has 0 atom stereocenters. The van der Waals surface area contributed by atoms with Crippen molar-refractivity contribution >= 4 is 55.1 Å². The van der Waals surface area contributed by atoms with E-state index < -0.39 is 0 Å². The van der Waals surface area contributed by atoms with E-state index in [0.29, 0.717) is 30.4 Å². The Morgan fingerprint density at radius 2 is 1.95 bits per heavy atom. The van der Waals surface area contributed by atoms with Crippen LogP contribution in [0.3, 0.4) is 0 Å². The van der Waals surface area contributed by atoms with E-state index >= 15 is 0 Å². The minimum absolute atomic E-state index is 0.416. The third-order valence-corrected chi connectivity index (χ3v) is 5.27. The lowest BCUT2D eigenvalue weighted by Crippen LogP contribution is -2.07. The Hall–Kier alpha value is -0.670. The van der Waals surface area contributed by atoms with Crippen LogP contribution in [-0.2, 0) is 0 Å². The van der Waals surface area contributed by atoms with Crippen molar-refractivity contribution in [1.82, 2.24) is 4.73 Å². The van der Waals surface area contributed by atoms with Crippen molar-refractivity contribution < 1.29 is 4.84 Å². The molecule has 2 aromatic rings. The maximum atomic E-state index is 9.29. The molecule has 0 bridgehead atoms. The maximum absolute atomic E-state index is 9.29. The van der Waals surface area contributed by atoms with Crippen molar-refractivity contribution in [2.45, 2.75) is 0 Å². The smallest absolute Gasteiger partial charge is 0.138 e. The van der Waals surface area contributed by atoms with Gasteiger partial charge in [-0.2, -0.15) is 9.99 Å². The number of hydrogen-bond donors (Lipinski definition) is 0. The molecule has 0 radical (unpaired) electrons. The van der Waals surface area contributed by atoms with Crippen LogP contribution < -0.4 is 4.84 Å². The number of halogens is 4. The predicted octanol–water partition coefficient (Wildman–Crippen LogP) is 4.92. The van der Waals surface area contributed by atoms with E-state index in [1.165, 1.54) is 11.8 Å². The van der Waals surface area contributed by atoms with Gasteiger partial charge in [0.2, 0.25) is 0 Å². The molecule has 1 aromatic carbocycles. The van der Waals surface area contributed by atoms with Crippen LogP contribution in [0.5, 0.6) is 0 Å². The summed E-state index contributed by atoms with van der Waals surface area (Å²) in [4.78, 5) is 5.28. The lowest BCUT2D eigenvalue weighted by atomic mass is 10.1. The SMILES string of the molecule is COn1c(Br)c(Br)c(C#N)c1-c1ccc(Cl)c(Cl)c1. The highest BCUT2D eigenvalue weighted by atomic mass is 79.9. The van der Waals surface area contributed by atoms with E-state index in [1.807, 2.05) is 0 Å². The lowest BCUT2D eigenvalue weighted by Gasteiger charge is -2.09. The predicted molar refractivity (Wildman–Crippen MR) is 82.5 cm³/mol. The van der Waals surface area contributed by atoms with Gasteiger partial charge in [0, 0.05) is 5.56 Å². The van der Waals surface area contributed by atoms with E-state index in [4.69, 9.17) is 28.0 Å². The third kappa shape index (κ3) is 2.50. The number of hydrogen-bond acceptors (Lipinski definition) is 2. The van der Waals surface area contributed by atoms with Crippen LogP contribution in [0.4, 0.5) is 0 Å². The van der Waals surface area contributed by atoms with Crippen LogP contribution in [0.15, 0.2) is 27.3 Å². The molecule has 0 unspecified atom stereocenters. The Morgan fingerprint density at radius 1 is 1.26 bits per heavy atom. The molecule has 0 aliphatic carbocycles. The van der Waals surface area contributed by atoms with E-state index in [2.05, 4.69) is 37.9 Å². The molecular formula is C12H6Br2Cl2N2O. The number of aromatic nitrogens is 1. The number of benzene rings is 1. The van der Waals surface area contributed by atoms with E-state index in [9.17, 15) is 5.26 Å². The number of nitriles is 1. The van der Waals surface area contributed by atoms with Crippen molar-refractivity contribution in [3.8, 4) is 17.3 Å². The second kappa shape index (κ2) is 5.76. The summed E-state index contributed by atoms with van der Waals surface area (Å²) in [6, 6.07) is 7.28. The topological polar surface area (TPSA) is 38.0 Å². The van der Waals surface area contributed by atoms with Gasteiger partial charge in [-0.3, -0.25) is 0 Å². The minimum Gasteiger partial charge on any atom is -0.416 e. The first-order valence-electron chi connectivity index (χ1n) is 5.01. The average Bonchev–Trinajstić information content (AvgIpc) is 2.64. The number of rotatable bonds is 2. The van der Waals surface area contributed by atoms with Crippen LogP contribution >= 0.6 is 55.1 Å². The second-order valence-corrected chi connectivity index (χ2v) is 5.90. The monoisotopic (exact) mass is 422 g/mol. The minimum atomic E-state index is 0.416. The van der Waals surface area contributed by atoms with Gasteiger partial charge in [0.15, 0.2) is 0 Å². The van der Waals surface area contributed by atoms with Gasteiger partial charge in [-0.1, -0.05) is 29.3 Å². The molecule has 1 aromatic heterocycles. The van der Waals surface area contributed by atoms with Crippen molar-refractivity contribution in [3.05, 3.63) is 42.9 Å². The molecular weight excluding hydrogens is 419 g/mol. The molecule has 3 nitrogen and oxygen atoms in total. The molecule has 0 spiro atoms. The lowest BCUT2D eigenvalue weighted by molar-refractivity contribution is 0.166. The fourth-order valence-corrected chi connectivity index (χ4v) is 2.93. The Balaban J connectivity index is 2.77. The zero-order valence-corrected chi connectivity index (χ0v) is 14.2. The maximum Gasteiger partial charge on any atom is 0.138 e. The van der Waals surface area contributed by atoms with Crippen molar-refractivity contribution in [1.29, 1.82) is 5.26 Å². The summed E-state index contributed by atoms with van der Waals surface area (Å²) in [6.45, 7) is 0. The van der Waals surface area contributed by atoms with Gasteiger partial charge < -0.3 is 4.84 Å². The first-order valence-corrected chi connectivity index (χ1v) is 7.35. The normalized spacial score (nSPS) is 10.3. The van der Waals surface area contributed by atoms with Crippen molar-refractivity contribution in [3.63, 3.8) is 0 Å². The summed E-state index contributed by atoms with van der Waals surface area (Å²) in [5, 5.41) is 10.2. The molecule has 0 saturated carbocycles. The van der Waals surface area contributed by atoms with Crippen LogP contribution in [0.25, 0.3) is 11.3 Å². The zero-order valence-electron chi connectivity index (χ0n) is 9.55. The molecule has 0 aliphatic heterocycles. The fourth-order valence-electron chi connectivity index (χ4n) is 1.67. The largest absolute Gasteiger partial charge is 0.416 e. The van der Waals surface area contributed by atoms with Gasteiger partial charge in [-0.15, -0.1) is 0 Å². The molecule has 98 valence electrons. The zero-order chi connectivity index (χ0) is 14.2. The molecule has 7 heteroatoms. The molecule has 0 N–H and O–H groups in total. The first kappa shape index (κ1) is 14.7. The van der Waals surface area contributed by atoms with Crippen LogP contribution in [0.1, 0.15) is 5.56 Å². The third-order valence-electron chi connectivity index (χ3n) is 2.51. The molecule has 0 saturated heterocycles. The molecule has 2 rings (SSSR count). The molecule has 0 aliphatic rings. The highest BCUT2D eigenvalue weighted by Crippen LogP contribution is 2.38. The summed E-state index contributed by atoms with van der Waals surface area (Å²) in [6.07, 6.45) is 0. The van der Waals surface area contributed by atoms with Crippen LogP contribution in [0, 0.1) is 11.3 Å². The van der Waals surface area contributed by atoms with Crippen LogP contribution in [0.2, 0.25) is 10.0 Å². The Labute approximate surface area is 136 Å². The summed E-state index contributed by atoms with van der Waals surface area (Å²) < 4.78 is 2.74. The highest BCUT2D eigenvalue weighted by molar-refractivity contribution is 9.13. The first-order chi connectivity index (χ1) is 9.01. The standard InChI is InChI=1S/C12H6Br2Cl2N2O/c1-19-18-11(7(5-17)10(13)12(18)14)6-2-3-8(15)9(16)4-6/h2-4H,1H3. The van der Waals surface area contributed by atoms with E-state index in [0.717, 1.165) is 5.56 Å². The highest BCUT2D eigenvalue weighted by Gasteiger charge is 2.22. The van der Waals surface area contributed by atoms with Gasteiger partial charge in [0.25, 0.3) is 0 Å². The second-order valence-electron chi connectivity index (χ2n) is 3.55. The van der Waals surface area contributed by atoms with Gasteiger partial charge in [-0.05, 0) is 44.0 Å². The summed E-state index contributed by atoms with van der Waals surface area (Å²) >= 11 is 18.6. The molecule has 1 heterocycles. The molecule has 0 amide bonds. The summed E-state index contributed by atoms with van der Waals surface area (Å²) in [5.41, 5.74) is 1.79. The Kier molecular flexibility index (Phi) is 4.46. The summed E-state index contributed by atoms with van der Waals surface area (Å²) in [5.74, 6) is 0. The van der Waals surface area contributed by atoms with E-state index in [-0.39, 0.29) is 0 Å². The quantitative estimate of drug-likeness (QED) is 0.686. The molecule has 19 heavy (non-hydrogen) atoms. The summed E-state index contributed by atoms with van der Waals surface area (Å²) in [7, 11) is 1.51. The Morgan fingerprint density at radius 3 is 2.47 bits per heavy atom. The molecule has 0 fully saturated rings. The van der Waals surface area contributed by atoms with Gasteiger partial charge >= 0.3 is 0 Å². The van der Waals surface area contributed by atoms with E-state index in [1.54, 1.807) is 18.2 Å². The Bertz CT molecular complexity index is 692. The van der Waals surface area contributed by atoms with Gasteiger partial charge in [0.05, 0.1) is 20.1 Å². The fraction of sp³-hybridized carbons (Fsp3) is 0.0833. The van der Waals surface area contributed by atoms with Crippen molar-refractivity contribution in [2.24, 2.45) is 0 Å². The van der Waals surface area contributed by atoms with Crippen molar-refractivity contribution in [2.75, 3.05) is 7.11 Å². The number of nitrogens with zero attached hydrogens (tertiary/aromatic N) is 2. The van der Waals surface area contributed by atoms with Gasteiger partial charge in [0.1, 0.15) is 23.5 Å². The average molecular weight is 425 g/mol. The van der Waals surface area contributed by atoms with Gasteiger partial charge in [-0.25, -0.2) is 0 Å². The van der Waals surface area contributed by atoms with Crippen LogP contribution in [-0.4, -0.2) is 11.8 Å².